The van der Waals surface area contributed by atoms with Crippen LogP contribution in [0.25, 0.3) is 0 Å². The van der Waals surface area contributed by atoms with E-state index < -0.39 is 0 Å². The highest BCUT2D eigenvalue weighted by Crippen LogP contribution is 2.16. The first-order valence-electron chi connectivity index (χ1n) is 5.23. The van der Waals surface area contributed by atoms with Gasteiger partial charge in [0.2, 0.25) is 5.95 Å². The van der Waals surface area contributed by atoms with Gasteiger partial charge in [0, 0.05) is 25.3 Å². The molecule has 0 bridgehead atoms. The average molecular weight is 224 g/mol. The number of anilines is 3. The lowest BCUT2D eigenvalue weighted by atomic mass is 10.1. The molecule has 0 amide bonds. The fourth-order valence-corrected chi connectivity index (χ4v) is 1.66. The third kappa shape index (κ3) is 2.71. The molecule has 1 aliphatic heterocycles. The highest BCUT2D eigenvalue weighted by molar-refractivity contribution is 5.50. The Balaban J connectivity index is 2.04. The van der Waals surface area contributed by atoms with Crippen molar-refractivity contribution in [3.63, 3.8) is 0 Å². The summed E-state index contributed by atoms with van der Waals surface area (Å²) in [6.07, 6.45) is 1.94. The maximum Gasteiger partial charge on any atom is 0.223 e. The molecular formula is C9H16N6O. The topological polar surface area (TPSA) is 111 Å². The van der Waals surface area contributed by atoms with E-state index in [1.807, 2.05) is 0 Å². The summed E-state index contributed by atoms with van der Waals surface area (Å²) in [4.78, 5) is 8.01. The molecule has 1 aromatic heterocycles. The number of nitrogen functional groups attached to an aromatic ring is 2. The van der Waals surface area contributed by atoms with Crippen LogP contribution in [0.4, 0.5) is 17.6 Å². The van der Waals surface area contributed by atoms with Crippen LogP contribution < -0.4 is 22.3 Å². The van der Waals surface area contributed by atoms with Gasteiger partial charge in [-0.3, -0.25) is 0 Å². The van der Waals surface area contributed by atoms with Crippen molar-refractivity contribution in [1.82, 2.24) is 9.97 Å². The molecule has 0 spiro atoms. The summed E-state index contributed by atoms with van der Waals surface area (Å²) in [6, 6.07) is 2.10. The molecule has 0 aromatic carbocycles. The summed E-state index contributed by atoms with van der Waals surface area (Å²) in [7, 11) is 0. The number of rotatable bonds is 3. The number of hydrazine groups is 1. The third-order valence-electron chi connectivity index (χ3n) is 2.46. The molecule has 7 heteroatoms. The highest BCUT2D eigenvalue weighted by Gasteiger charge is 2.14. The molecule has 7 nitrogen and oxygen atoms in total. The predicted octanol–water partition coefficient (Wildman–Crippen LogP) is -0.0647. The van der Waals surface area contributed by atoms with Crippen LogP contribution in [0.2, 0.25) is 0 Å². The van der Waals surface area contributed by atoms with Gasteiger partial charge in [0.25, 0.3) is 0 Å². The minimum absolute atomic E-state index is 0.199. The van der Waals surface area contributed by atoms with Crippen molar-refractivity contribution < 1.29 is 4.74 Å². The van der Waals surface area contributed by atoms with Crippen LogP contribution in [0.15, 0.2) is 6.07 Å². The Morgan fingerprint density at radius 1 is 1.25 bits per heavy atom. The van der Waals surface area contributed by atoms with Gasteiger partial charge in [0.15, 0.2) is 0 Å². The van der Waals surface area contributed by atoms with Gasteiger partial charge in [-0.2, -0.15) is 9.97 Å². The predicted molar refractivity (Wildman–Crippen MR) is 61.7 cm³/mol. The fraction of sp³-hybridized carbons (Fsp3) is 0.556. The van der Waals surface area contributed by atoms with E-state index in [1.54, 1.807) is 6.07 Å². The Kier molecular flexibility index (Phi) is 3.37. The van der Waals surface area contributed by atoms with Crippen LogP contribution in [-0.4, -0.2) is 29.2 Å². The third-order valence-corrected chi connectivity index (χ3v) is 2.46. The van der Waals surface area contributed by atoms with E-state index in [1.165, 1.54) is 0 Å². The van der Waals surface area contributed by atoms with Crippen LogP contribution in [0.5, 0.6) is 0 Å². The Hall–Kier alpha value is -1.60. The Bertz CT molecular complexity index is 352. The van der Waals surface area contributed by atoms with Crippen molar-refractivity contribution >= 4 is 17.6 Å². The minimum atomic E-state index is 0.199. The first kappa shape index (κ1) is 10.9. The smallest absolute Gasteiger partial charge is 0.223 e. The minimum Gasteiger partial charge on any atom is -0.381 e. The number of nitrogens with zero attached hydrogens (tertiary/aromatic N) is 2. The van der Waals surface area contributed by atoms with E-state index in [0.29, 0.717) is 17.7 Å². The van der Waals surface area contributed by atoms with E-state index in [-0.39, 0.29) is 5.95 Å². The summed E-state index contributed by atoms with van der Waals surface area (Å²) in [5.41, 5.74) is 8.01. The monoisotopic (exact) mass is 224 g/mol. The lowest BCUT2D eigenvalue weighted by Crippen LogP contribution is -2.28. The number of ether oxygens (including phenoxy) is 1. The molecule has 0 aliphatic carbocycles. The number of aromatic nitrogens is 2. The van der Waals surface area contributed by atoms with E-state index >= 15 is 0 Å². The van der Waals surface area contributed by atoms with Crippen LogP contribution in [0, 0.1) is 0 Å². The van der Waals surface area contributed by atoms with Crippen molar-refractivity contribution in [3.8, 4) is 0 Å². The second-order valence-corrected chi connectivity index (χ2v) is 3.67. The zero-order valence-electron chi connectivity index (χ0n) is 8.94. The van der Waals surface area contributed by atoms with Crippen molar-refractivity contribution in [3.05, 3.63) is 6.07 Å². The normalized spacial score (nSPS) is 17.1. The van der Waals surface area contributed by atoms with Crippen molar-refractivity contribution in [2.75, 3.05) is 29.7 Å². The quantitative estimate of drug-likeness (QED) is 0.420. The fourth-order valence-electron chi connectivity index (χ4n) is 1.66. The second-order valence-electron chi connectivity index (χ2n) is 3.67. The molecule has 16 heavy (non-hydrogen) atoms. The van der Waals surface area contributed by atoms with Gasteiger partial charge in [-0.25, -0.2) is 5.84 Å². The number of nitrogens with two attached hydrogens (primary N) is 2. The summed E-state index contributed by atoms with van der Waals surface area (Å²) in [5.74, 6) is 6.67. The maximum absolute atomic E-state index is 5.56. The molecule has 0 saturated carbocycles. The van der Waals surface area contributed by atoms with Gasteiger partial charge in [0.05, 0.1) is 0 Å². The molecular weight excluding hydrogens is 208 g/mol. The number of hydrogen-bond acceptors (Lipinski definition) is 7. The average Bonchev–Trinajstić information content (AvgIpc) is 2.29. The van der Waals surface area contributed by atoms with Crippen LogP contribution in [0.3, 0.4) is 0 Å². The first-order chi connectivity index (χ1) is 7.78. The van der Waals surface area contributed by atoms with Gasteiger partial charge >= 0.3 is 0 Å². The van der Waals surface area contributed by atoms with Crippen molar-refractivity contribution in [2.24, 2.45) is 5.84 Å². The van der Waals surface area contributed by atoms with Gasteiger partial charge in [-0.05, 0) is 12.8 Å². The molecule has 1 saturated heterocycles. The Morgan fingerprint density at radius 2 is 1.94 bits per heavy atom. The molecule has 0 unspecified atom stereocenters. The van der Waals surface area contributed by atoms with Gasteiger partial charge in [-0.15, -0.1) is 0 Å². The van der Waals surface area contributed by atoms with Crippen molar-refractivity contribution in [2.45, 2.75) is 18.9 Å². The zero-order valence-corrected chi connectivity index (χ0v) is 8.94. The molecule has 6 N–H and O–H groups in total. The Morgan fingerprint density at radius 3 is 2.62 bits per heavy atom. The second kappa shape index (κ2) is 4.95. The summed E-state index contributed by atoms with van der Waals surface area (Å²) >= 11 is 0. The van der Waals surface area contributed by atoms with E-state index in [4.69, 9.17) is 16.3 Å². The SMILES string of the molecule is NNc1cc(NC2CCOCC2)nc(N)n1. The molecule has 0 radical (unpaired) electrons. The van der Waals surface area contributed by atoms with Gasteiger partial charge < -0.3 is 21.2 Å². The first-order valence-corrected chi connectivity index (χ1v) is 5.23. The number of hydrogen-bond donors (Lipinski definition) is 4. The van der Waals surface area contributed by atoms with Crippen LogP contribution >= 0.6 is 0 Å². The largest absolute Gasteiger partial charge is 0.381 e. The molecule has 1 aliphatic rings. The van der Waals surface area contributed by atoms with Gasteiger partial charge in [0.1, 0.15) is 11.6 Å². The van der Waals surface area contributed by atoms with Gasteiger partial charge in [-0.1, -0.05) is 0 Å². The lowest BCUT2D eigenvalue weighted by molar-refractivity contribution is 0.0904. The van der Waals surface area contributed by atoms with E-state index in [2.05, 4.69) is 20.7 Å². The molecule has 1 aromatic rings. The maximum atomic E-state index is 5.56. The number of nitrogens with one attached hydrogen (secondary N) is 2. The standard InChI is InChI=1S/C9H16N6O/c10-9-13-7(5-8(14-9)15-11)12-6-1-3-16-4-2-6/h5-6H,1-4,11H2,(H4,10,12,13,14,15). The summed E-state index contributed by atoms with van der Waals surface area (Å²) < 4.78 is 5.28. The van der Waals surface area contributed by atoms with Crippen LogP contribution in [0.1, 0.15) is 12.8 Å². The molecule has 2 heterocycles. The van der Waals surface area contributed by atoms with E-state index in [0.717, 1.165) is 26.1 Å². The van der Waals surface area contributed by atoms with Crippen LogP contribution in [-0.2, 0) is 4.74 Å². The highest BCUT2D eigenvalue weighted by atomic mass is 16.5. The summed E-state index contributed by atoms with van der Waals surface area (Å²) in [6.45, 7) is 1.56. The molecule has 1 fully saturated rings. The molecule has 0 atom stereocenters. The Labute approximate surface area is 93.6 Å². The van der Waals surface area contributed by atoms with Crippen molar-refractivity contribution in [1.29, 1.82) is 0 Å². The van der Waals surface area contributed by atoms with E-state index in [9.17, 15) is 0 Å². The zero-order chi connectivity index (χ0) is 11.4. The molecule has 88 valence electrons. The summed E-state index contributed by atoms with van der Waals surface area (Å²) in [5, 5.41) is 3.29. The lowest BCUT2D eigenvalue weighted by Gasteiger charge is -2.23. The molecule has 2 rings (SSSR count).